The molecule has 0 amide bonds. The Morgan fingerprint density at radius 3 is 2.58 bits per heavy atom. The number of esters is 1. The second-order valence-corrected chi connectivity index (χ2v) is 8.15. The van der Waals surface area contributed by atoms with Crippen molar-refractivity contribution in [1.29, 1.82) is 0 Å². The largest absolute Gasteiger partial charge is 0.468 e. The van der Waals surface area contributed by atoms with Gasteiger partial charge in [-0.05, 0) is 55.5 Å². The van der Waals surface area contributed by atoms with Gasteiger partial charge in [-0.2, -0.15) is 16.5 Å². The number of unbranched alkanes of at least 4 members (excludes halogenated alkanes) is 2. The van der Waals surface area contributed by atoms with Crippen LogP contribution in [0.3, 0.4) is 0 Å². The number of thioether (sulfide) groups is 1. The third-order valence-electron chi connectivity index (χ3n) is 3.48. The SMILES string of the molecule is COC(=O)[C@@H](CCSC)NS(=O)(=O)c1ccc(C#CCCCC[18F])cc1. The van der Waals surface area contributed by atoms with Crippen molar-refractivity contribution in [2.24, 2.45) is 0 Å². The molecular weight excluding hydrogens is 376 g/mol. The van der Waals surface area contributed by atoms with Crippen molar-refractivity contribution in [3.05, 3.63) is 29.8 Å². The quantitative estimate of drug-likeness (QED) is 0.371. The molecule has 1 atom stereocenters. The van der Waals surface area contributed by atoms with Crippen LogP contribution >= 0.6 is 11.8 Å². The van der Waals surface area contributed by atoms with Crippen LogP contribution in [0.5, 0.6) is 0 Å². The first-order valence-corrected chi connectivity index (χ1v) is 11.1. The lowest BCUT2D eigenvalue weighted by atomic mass is 10.2. The maximum atomic E-state index is 12.5. The lowest BCUT2D eigenvalue weighted by molar-refractivity contribution is -0.142. The molecule has 0 unspecified atom stereocenters. The van der Waals surface area contributed by atoms with Crippen LogP contribution in [0.2, 0.25) is 0 Å². The smallest absolute Gasteiger partial charge is 0.323 e. The van der Waals surface area contributed by atoms with Gasteiger partial charge in [0, 0.05) is 12.0 Å². The fraction of sp³-hybridized carbons (Fsp3) is 0.500. The summed E-state index contributed by atoms with van der Waals surface area (Å²) in [5, 5.41) is 0. The Labute approximate surface area is 159 Å². The number of hydrogen-bond acceptors (Lipinski definition) is 5. The second kappa shape index (κ2) is 11.9. The molecule has 0 fully saturated rings. The third-order valence-corrected chi connectivity index (χ3v) is 5.61. The molecule has 0 radical (unpaired) electrons. The minimum absolute atomic E-state index is 0.0542. The number of benzene rings is 1. The lowest BCUT2D eigenvalue weighted by Crippen LogP contribution is -2.41. The molecule has 0 aliphatic heterocycles. The zero-order valence-electron chi connectivity index (χ0n) is 15.0. The van der Waals surface area contributed by atoms with Crippen molar-refractivity contribution in [1.82, 2.24) is 4.72 Å². The molecule has 5 nitrogen and oxygen atoms in total. The molecule has 26 heavy (non-hydrogen) atoms. The number of alkyl halides is 1. The Bertz CT molecular complexity index is 724. The van der Waals surface area contributed by atoms with Crippen LogP contribution in [0.15, 0.2) is 29.2 Å². The molecule has 0 heterocycles. The zero-order valence-corrected chi connectivity index (χ0v) is 16.6. The van der Waals surface area contributed by atoms with Crippen LogP contribution in [-0.4, -0.2) is 46.2 Å². The van der Waals surface area contributed by atoms with E-state index in [-0.39, 0.29) is 11.6 Å². The predicted octanol–water partition coefficient (Wildman–Crippen LogP) is 2.75. The topological polar surface area (TPSA) is 72.5 Å². The summed E-state index contributed by atoms with van der Waals surface area (Å²) in [5.74, 6) is 5.85. The summed E-state index contributed by atoms with van der Waals surface area (Å²) in [6.07, 6.45) is 4.01. The van der Waals surface area contributed by atoms with E-state index in [4.69, 9.17) is 0 Å². The summed E-state index contributed by atoms with van der Waals surface area (Å²) in [6, 6.07) is 5.16. The Hall–Kier alpha value is -1.56. The van der Waals surface area contributed by atoms with E-state index >= 15 is 0 Å². The van der Waals surface area contributed by atoms with Crippen LogP contribution in [-0.2, 0) is 19.6 Å². The fourth-order valence-electron chi connectivity index (χ4n) is 2.05. The molecule has 0 spiro atoms. The van der Waals surface area contributed by atoms with E-state index in [1.807, 2.05) is 6.26 Å². The molecule has 144 valence electrons. The van der Waals surface area contributed by atoms with Gasteiger partial charge < -0.3 is 4.74 Å². The molecular formula is C18H24FNO4S2. The summed E-state index contributed by atoms with van der Waals surface area (Å²) in [7, 11) is -2.62. The van der Waals surface area contributed by atoms with Crippen molar-refractivity contribution in [3.63, 3.8) is 0 Å². The summed E-state index contributed by atoms with van der Waals surface area (Å²) in [5.41, 5.74) is 0.677. The van der Waals surface area contributed by atoms with Gasteiger partial charge in [-0.15, -0.1) is 0 Å². The molecule has 8 heteroatoms. The number of carbonyl (C=O) groups excluding carboxylic acids is 1. The van der Waals surface area contributed by atoms with Crippen LogP contribution in [0.1, 0.15) is 31.2 Å². The molecule has 0 aliphatic rings. The fourth-order valence-corrected chi connectivity index (χ4v) is 3.74. The molecule has 0 aromatic heterocycles. The van der Waals surface area contributed by atoms with E-state index in [0.717, 1.165) is 0 Å². The summed E-state index contributed by atoms with van der Waals surface area (Å²) >= 11 is 1.52. The summed E-state index contributed by atoms with van der Waals surface area (Å²) in [4.78, 5) is 11.8. The van der Waals surface area contributed by atoms with Crippen molar-refractivity contribution >= 4 is 27.8 Å². The van der Waals surface area contributed by atoms with E-state index in [9.17, 15) is 17.6 Å². The van der Waals surface area contributed by atoms with Crippen molar-refractivity contribution in [3.8, 4) is 11.8 Å². The molecule has 1 aromatic rings. The number of sulfonamides is 1. The van der Waals surface area contributed by atoms with Gasteiger partial charge in [0.15, 0.2) is 0 Å². The average molecular weight is 401 g/mol. The van der Waals surface area contributed by atoms with Gasteiger partial charge in [-0.25, -0.2) is 8.42 Å². The first-order valence-electron chi connectivity index (χ1n) is 8.18. The minimum Gasteiger partial charge on any atom is -0.468 e. The standard InChI is InChI=1S/C18H24FNO4S2/c1-24-18(21)17(12-14-25-2)20-26(22,23)16-10-8-15(9-11-16)7-5-3-4-6-13-19/h8-11,17,20H,3-4,6,12-14H2,1-2H3/t17-/m1/s1/i19-1. The Balaban J connectivity index is 2.80. The number of nitrogens with one attached hydrogen (secondary N) is 1. The van der Waals surface area contributed by atoms with Crippen molar-refractivity contribution < 1.29 is 22.3 Å². The highest BCUT2D eigenvalue weighted by atomic mass is 32.2. The highest BCUT2D eigenvalue weighted by molar-refractivity contribution is 7.98. The first kappa shape index (κ1) is 22.5. The molecule has 0 bridgehead atoms. The second-order valence-electron chi connectivity index (χ2n) is 5.45. The Morgan fingerprint density at radius 2 is 2.00 bits per heavy atom. The Morgan fingerprint density at radius 1 is 1.31 bits per heavy atom. The third kappa shape index (κ3) is 7.77. The van der Waals surface area contributed by atoms with Gasteiger partial charge in [0.1, 0.15) is 6.04 Å². The van der Waals surface area contributed by atoms with Gasteiger partial charge in [0.05, 0.1) is 18.7 Å². The molecule has 0 aliphatic carbocycles. The van der Waals surface area contributed by atoms with E-state index in [2.05, 4.69) is 21.3 Å². The van der Waals surface area contributed by atoms with Gasteiger partial charge in [-0.3, -0.25) is 9.18 Å². The average Bonchev–Trinajstić information content (AvgIpc) is 2.64. The number of ether oxygens (including phenoxy) is 1. The molecule has 1 rings (SSSR count). The van der Waals surface area contributed by atoms with Crippen molar-refractivity contribution in [2.45, 2.75) is 36.6 Å². The van der Waals surface area contributed by atoms with Crippen LogP contribution in [0, 0.1) is 11.8 Å². The molecule has 1 N–H and O–H groups in total. The summed E-state index contributed by atoms with van der Waals surface area (Å²) < 4.78 is 44.0. The normalized spacial score (nSPS) is 12.1. The highest BCUT2D eigenvalue weighted by Gasteiger charge is 2.25. The van der Waals surface area contributed by atoms with Gasteiger partial charge >= 0.3 is 5.97 Å². The van der Waals surface area contributed by atoms with Crippen LogP contribution in [0.4, 0.5) is 4.39 Å². The number of hydrogen-bond donors (Lipinski definition) is 1. The number of rotatable bonds is 10. The first-order chi connectivity index (χ1) is 12.4. The monoisotopic (exact) mass is 400 g/mol. The van der Waals surface area contributed by atoms with Crippen LogP contribution in [0.25, 0.3) is 0 Å². The predicted molar refractivity (Wildman–Crippen MR) is 102 cm³/mol. The number of methoxy groups -OCH3 is 1. The zero-order chi connectivity index (χ0) is 19.4. The summed E-state index contributed by atoms with van der Waals surface area (Å²) in [6.45, 7) is -0.343. The number of halogens is 1. The maximum absolute atomic E-state index is 12.5. The lowest BCUT2D eigenvalue weighted by Gasteiger charge is -2.16. The van der Waals surface area contributed by atoms with Crippen molar-refractivity contribution in [2.75, 3.05) is 25.8 Å². The van der Waals surface area contributed by atoms with Crippen LogP contribution < -0.4 is 4.72 Å². The molecule has 0 saturated heterocycles. The minimum atomic E-state index is -3.84. The molecule has 0 saturated carbocycles. The van der Waals surface area contributed by atoms with E-state index in [0.29, 0.717) is 37.0 Å². The number of carbonyl (C=O) groups is 1. The van der Waals surface area contributed by atoms with E-state index < -0.39 is 22.0 Å². The highest BCUT2D eigenvalue weighted by Crippen LogP contribution is 2.13. The van der Waals surface area contributed by atoms with Gasteiger partial charge in [-0.1, -0.05) is 11.8 Å². The van der Waals surface area contributed by atoms with Gasteiger partial charge in [0.2, 0.25) is 10.0 Å². The van der Waals surface area contributed by atoms with E-state index in [1.165, 1.54) is 31.0 Å². The molecule has 1 aromatic carbocycles. The Kier molecular flexibility index (Phi) is 10.3. The van der Waals surface area contributed by atoms with E-state index in [1.54, 1.807) is 12.1 Å². The van der Waals surface area contributed by atoms with Gasteiger partial charge in [0.25, 0.3) is 0 Å². The maximum Gasteiger partial charge on any atom is 0.323 e.